The van der Waals surface area contributed by atoms with Crippen LogP contribution < -0.4 is 4.74 Å². The fourth-order valence-electron chi connectivity index (χ4n) is 1.95. The molecule has 3 heteroatoms. The number of hydrogen-bond acceptors (Lipinski definition) is 1. The number of halogens is 2. The highest BCUT2D eigenvalue weighted by Gasteiger charge is 2.14. The summed E-state index contributed by atoms with van der Waals surface area (Å²) in [6.07, 6.45) is 5.31. The fraction of sp³-hybridized carbons (Fsp3) is 0.385. The van der Waals surface area contributed by atoms with Gasteiger partial charge in [0.25, 0.3) is 0 Å². The van der Waals surface area contributed by atoms with Crippen LogP contribution in [0.4, 0.5) is 0 Å². The number of benzene rings is 1. The van der Waals surface area contributed by atoms with Gasteiger partial charge in [-0.15, -0.1) is 11.6 Å². The number of allylic oxidation sites excluding steroid dienone is 2. The minimum atomic E-state index is 0.222. The maximum atomic E-state index is 6.06. The van der Waals surface area contributed by atoms with Crippen LogP contribution in [0.2, 0.25) is 0 Å². The molecule has 1 aromatic carbocycles. The van der Waals surface area contributed by atoms with Crippen LogP contribution in [0, 0.1) is 0 Å². The molecule has 16 heavy (non-hydrogen) atoms. The molecule has 0 aliphatic heterocycles. The summed E-state index contributed by atoms with van der Waals surface area (Å²) in [5, 5.41) is 0.222. The van der Waals surface area contributed by atoms with E-state index in [4.69, 9.17) is 16.3 Å². The molecular weight excluding hydrogens is 287 g/mol. The molecule has 0 saturated heterocycles. The Morgan fingerprint density at radius 2 is 2.31 bits per heavy atom. The molecule has 86 valence electrons. The Kier molecular flexibility index (Phi) is 3.93. The lowest BCUT2D eigenvalue weighted by Gasteiger charge is -2.07. The highest BCUT2D eigenvalue weighted by atomic mass is 79.9. The zero-order chi connectivity index (χ0) is 11.5. The Morgan fingerprint density at radius 1 is 1.50 bits per heavy atom. The quantitative estimate of drug-likeness (QED) is 0.596. The smallest absolute Gasteiger partial charge is 0.119 e. The SMILES string of the molecule is COc1ccc(Br)c(CC2=CC(Cl)CC2)c1. The van der Waals surface area contributed by atoms with Crippen LogP contribution in [-0.2, 0) is 6.42 Å². The van der Waals surface area contributed by atoms with E-state index in [9.17, 15) is 0 Å². The van der Waals surface area contributed by atoms with Crippen molar-refractivity contribution in [2.24, 2.45) is 0 Å². The van der Waals surface area contributed by atoms with E-state index in [0.29, 0.717) is 0 Å². The Labute approximate surface area is 110 Å². The van der Waals surface area contributed by atoms with Crippen LogP contribution in [0.3, 0.4) is 0 Å². The maximum absolute atomic E-state index is 6.06. The average Bonchev–Trinajstić information content (AvgIpc) is 2.67. The standard InChI is InChI=1S/C13H14BrClO/c1-16-12-4-5-13(14)10(8-12)6-9-2-3-11(15)7-9/h4-5,7-8,11H,2-3,6H2,1H3. The minimum Gasteiger partial charge on any atom is -0.497 e. The van der Waals surface area contributed by atoms with Crippen molar-refractivity contribution in [3.05, 3.63) is 39.9 Å². The van der Waals surface area contributed by atoms with Crippen LogP contribution >= 0.6 is 27.5 Å². The Bertz CT molecular complexity index is 414. The Hall–Kier alpha value is -0.470. The topological polar surface area (TPSA) is 9.23 Å². The van der Waals surface area contributed by atoms with Crippen molar-refractivity contribution in [3.63, 3.8) is 0 Å². The van der Waals surface area contributed by atoms with Crippen molar-refractivity contribution in [2.75, 3.05) is 7.11 Å². The molecule has 0 radical (unpaired) electrons. The first-order valence-electron chi connectivity index (χ1n) is 5.35. The third kappa shape index (κ3) is 2.80. The molecule has 1 nitrogen and oxygen atoms in total. The highest BCUT2D eigenvalue weighted by molar-refractivity contribution is 9.10. The van der Waals surface area contributed by atoms with Gasteiger partial charge in [0.1, 0.15) is 5.75 Å². The van der Waals surface area contributed by atoms with E-state index in [0.717, 1.165) is 29.5 Å². The van der Waals surface area contributed by atoms with Crippen molar-refractivity contribution in [3.8, 4) is 5.75 Å². The molecule has 1 aliphatic carbocycles. The number of rotatable bonds is 3. The van der Waals surface area contributed by atoms with Gasteiger partial charge in [0.05, 0.1) is 12.5 Å². The second-order valence-electron chi connectivity index (χ2n) is 4.01. The van der Waals surface area contributed by atoms with Crippen molar-refractivity contribution >= 4 is 27.5 Å². The molecule has 0 saturated carbocycles. The largest absolute Gasteiger partial charge is 0.497 e. The van der Waals surface area contributed by atoms with Gasteiger partial charge >= 0.3 is 0 Å². The van der Waals surface area contributed by atoms with Gasteiger partial charge in [-0.25, -0.2) is 0 Å². The van der Waals surface area contributed by atoms with Crippen LogP contribution in [-0.4, -0.2) is 12.5 Å². The van der Waals surface area contributed by atoms with Gasteiger partial charge in [-0.3, -0.25) is 0 Å². The normalized spacial score (nSPS) is 19.7. The third-order valence-corrected chi connectivity index (χ3v) is 3.95. The number of ether oxygens (including phenoxy) is 1. The van der Waals surface area contributed by atoms with E-state index in [-0.39, 0.29) is 5.38 Å². The molecule has 0 amide bonds. The molecule has 0 heterocycles. The third-order valence-electron chi connectivity index (χ3n) is 2.83. The van der Waals surface area contributed by atoms with Gasteiger partial charge in [-0.1, -0.05) is 27.6 Å². The van der Waals surface area contributed by atoms with Gasteiger partial charge < -0.3 is 4.74 Å². The molecule has 1 atom stereocenters. The molecule has 0 aromatic heterocycles. The molecule has 0 N–H and O–H groups in total. The van der Waals surface area contributed by atoms with E-state index in [1.165, 1.54) is 11.1 Å². The zero-order valence-electron chi connectivity index (χ0n) is 9.17. The summed E-state index contributed by atoms with van der Waals surface area (Å²) in [4.78, 5) is 0. The highest BCUT2D eigenvalue weighted by Crippen LogP contribution is 2.30. The van der Waals surface area contributed by atoms with Crippen molar-refractivity contribution in [2.45, 2.75) is 24.6 Å². The monoisotopic (exact) mass is 300 g/mol. The molecule has 2 rings (SSSR count). The fourth-order valence-corrected chi connectivity index (χ4v) is 2.63. The van der Waals surface area contributed by atoms with Gasteiger partial charge in [0.15, 0.2) is 0 Å². The first kappa shape index (κ1) is 12.0. The molecule has 1 aliphatic rings. The summed E-state index contributed by atoms with van der Waals surface area (Å²) in [7, 11) is 1.69. The van der Waals surface area contributed by atoms with Crippen LogP contribution in [0.1, 0.15) is 18.4 Å². The summed E-state index contributed by atoms with van der Waals surface area (Å²) in [5.41, 5.74) is 2.69. The number of hydrogen-bond donors (Lipinski definition) is 0. The zero-order valence-corrected chi connectivity index (χ0v) is 11.5. The molecule has 1 unspecified atom stereocenters. The second-order valence-corrected chi connectivity index (χ2v) is 5.43. The Balaban J connectivity index is 2.17. The van der Waals surface area contributed by atoms with Crippen molar-refractivity contribution in [1.29, 1.82) is 0 Å². The van der Waals surface area contributed by atoms with Crippen molar-refractivity contribution < 1.29 is 4.74 Å². The summed E-state index contributed by atoms with van der Waals surface area (Å²) in [5.74, 6) is 0.902. The first-order chi connectivity index (χ1) is 7.69. The molecule has 1 aromatic rings. The van der Waals surface area contributed by atoms with Crippen LogP contribution in [0.25, 0.3) is 0 Å². The summed E-state index contributed by atoms with van der Waals surface area (Å²) in [6, 6.07) is 6.06. The van der Waals surface area contributed by atoms with E-state index in [1.54, 1.807) is 7.11 Å². The summed E-state index contributed by atoms with van der Waals surface area (Å²) in [6.45, 7) is 0. The Morgan fingerprint density at radius 3 is 2.94 bits per heavy atom. The van der Waals surface area contributed by atoms with Gasteiger partial charge in [-0.2, -0.15) is 0 Å². The van der Waals surface area contributed by atoms with Gasteiger partial charge in [0.2, 0.25) is 0 Å². The van der Waals surface area contributed by atoms with Crippen LogP contribution in [0.15, 0.2) is 34.3 Å². The molecular formula is C13H14BrClO. The maximum Gasteiger partial charge on any atom is 0.119 e. The predicted molar refractivity (Wildman–Crippen MR) is 71.4 cm³/mol. The number of alkyl halides is 1. The average molecular weight is 302 g/mol. The summed E-state index contributed by atoms with van der Waals surface area (Å²) >= 11 is 9.62. The lowest BCUT2D eigenvalue weighted by Crippen LogP contribution is -1.91. The van der Waals surface area contributed by atoms with Gasteiger partial charge in [-0.05, 0) is 43.0 Å². The first-order valence-corrected chi connectivity index (χ1v) is 6.58. The predicted octanol–water partition coefficient (Wildman–Crippen LogP) is 4.33. The molecule has 0 spiro atoms. The number of methoxy groups -OCH3 is 1. The van der Waals surface area contributed by atoms with Gasteiger partial charge in [0, 0.05) is 4.47 Å². The lowest BCUT2D eigenvalue weighted by molar-refractivity contribution is 0.414. The minimum absolute atomic E-state index is 0.222. The summed E-state index contributed by atoms with van der Waals surface area (Å²) < 4.78 is 6.36. The van der Waals surface area contributed by atoms with Crippen LogP contribution in [0.5, 0.6) is 5.75 Å². The van der Waals surface area contributed by atoms with E-state index >= 15 is 0 Å². The van der Waals surface area contributed by atoms with E-state index in [1.807, 2.05) is 12.1 Å². The lowest BCUT2D eigenvalue weighted by atomic mass is 10.0. The van der Waals surface area contributed by atoms with E-state index in [2.05, 4.69) is 28.1 Å². The van der Waals surface area contributed by atoms with E-state index < -0.39 is 0 Å². The second kappa shape index (κ2) is 5.24. The molecule has 0 bridgehead atoms. The van der Waals surface area contributed by atoms with Crippen molar-refractivity contribution in [1.82, 2.24) is 0 Å². The molecule has 0 fully saturated rings.